The topological polar surface area (TPSA) is 108 Å². The third-order valence-corrected chi connectivity index (χ3v) is 4.47. The van der Waals surface area contributed by atoms with Crippen LogP contribution in [0.4, 0.5) is 4.79 Å². The Bertz CT molecular complexity index is 824. The van der Waals surface area contributed by atoms with Crippen molar-refractivity contribution in [2.24, 2.45) is 0 Å². The molecule has 2 aromatic carbocycles. The van der Waals surface area contributed by atoms with E-state index in [1.165, 1.54) is 0 Å². The molecule has 3 rings (SSSR count). The normalized spacial score (nSPS) is 19.3. The molecule has 7 heteroatoms. The summed E-state index contributed by atoms with van der Waals surface area (Å²) in [5.74, 6) is 0.0769. The number of rotatable bonds is 5. The number of ether oxygens (including phenoxy) is 1. The first-order valence-electron chi connectivity index (χ1n) is 8.70. The van der Waals surface area contributed by atoms with Crippen molar-refractivity contribution in [1.82, 2.24) is 10.6 Å². The molecule has 0 aliphatic carbocycles. The minimum absolute atomic E-state index is 0.207. The molecule has 1 aliphatic heterocycles. The largest absolute Gasteiger partial charge is 0.465 e. The highest BCUT2D eigenvalue weighted by atomic mass is 16.6. The van der Waals surface area contributed by atoms with Crippen molar-refractivity contribution < 1.29 is 24.5 Å². The second-order valence-corrected chi connectivity index (χ2v) is 6.63. The van der Waals surface area contributed by atoms with Gasteiger partial charge in [-0.05, 0) is 24.1 Å². The first kappa shape index (κ1) is 18.7. The predicted octanol–water partition coefficient (Wildman–Crippen LogP) is 1.61. The lowest BCUT2D eigenvalue weighted by atomic mass is 9.98. The van der Waals surface area contributed by atoms with Crippen LogP contribution in [0.1, 0.15) is 16.7 Å². The molecule has 0 bridgehead atoms. The van der Waals surface area contributed by atoms with Crippen molar-refractivity contribution in [3.05, 3.63) is 65.2 Å². The maximum atomic E-state index is 12.7. The number of aliphatic hydroxyl groups is 1. The van der Waals surface area contributed by atoms with Crippen LogP contribution in [0.2, 0.25) is 0 Å². The molecule has 2 aromatic rings. The molecule has 0 spiro atoms. The minimum Gasteiger partial charge on any atom is -0.465 e. The van der Waals surface area contributed by atoms with Crippen molar-refractivity contribution in [3.8, 4) is 5.75 Å². The van der Waals surface area contributed by atoms with Crippen LogP contribution < -0.4 is 15.4 Å². The smallest absolute Gasteiger partial charge is 0.405 e. The van der Waals surface area contributed by atoms with Crippen LogP contribution in [0, 0.1) is 6.92 Å². The molecule has 4 N–H and O–H groups in total. The van der Waals surface area contributed by atoms with Gasteiger partial charge in [0.2, 0.25) is 12.2 Å². The summed E-state index contributed by atoms with van der Waals surface area (Å²) in [4.78, 5) is 23.8. The Hall–Kier alpha value is -3.06. The zero-order valence-corrected chi connectivity index (χ0v) is 14.9. The number of aliphatic hydroxyl groups excluding tert-OH is 1. The van der Waals surface area contributed by atoms with E-state index >= 15 is 0 Å². The summed E-state index contributed by atoms with van der Waals surface area (Å²) in [5, 5.41) is 24.2. The zero-order valence-electron chi connectivity index (χ0n) is 14.9. The van der Waals surface area contributed by atoms with Gasteiger partial charge in [0.05, 0.1) is 6.04 Å². The molecule has 0 radical (unpaired) electrons. The standard InChI is InChI=1S/C20H22N2O5/c1-12-7-8-17-14(9-12)11-16(19(24)27-17)21-18(23)15(22-20(25)26)10-13-5-3-2-4-6-13/h2-9,15-16,19,22,24H,10-11H2,1H3,(H,21,23)(H,25,26)/t15-,16-,19?/m0/s1. The molecule has 0 saturated heterocycles. The van der Waals surface area contributed by atoms with Gasteiger partial charge in [-0.15, -0.1) is 0 Å². The number of hydrogen-bond acceptors (Lipinski definition) is 4. The van der Waals surface area contributed by atoms with E-state index in [1.807, 2.05) is 49.4 Å². The van der Waals surface area contributed by atoms with Gasteiger partial charge in [0, 0.05) is 12.8 Å². The van der Waals surface area contributed by atoms with Gasteiger partial charge in [0.15, 0.2) is 0 Å². The Labute approximate surface area is 157 Å². The molecular weight excluding hydrogens is 348 g/mol. The molecular formula is C20H22N2O5. The van der Waals surface area contributed by atoms with Crippen molar-refractivity contribution in [3.63, 3.8) is 0 Å². The first-order valence-corrected chi connectivity index (χ1v) is 8.70. The first-order chi connectivity index (χ1) is 12.9. The van der Waals surface area contributed by atoms with Crippen molar-refractivity contribution in [1.29, 1.82) is 0 Å². The summed E-state index contributed by atoms with van der Waals surface area (Å²) in [6.45, 7) is 1.95. The van der Waals surface area contributed by atoms with Crippen LogP contribution in [-0.4, -0.2) is 40.6 Å². The molecule has 27 heavy (non-hydrogen) atoms. The quantitative estimate of drug-likeness (QED) is 0.640. The highest BCUT2D eigenvalue weighted by molar-refractivity contribution is 5.85. The van der Waals surface area contributed by atoms with E-state index in [-0.39, 0.29) is 6.42 Å². The molecule has 0 saturated carbocycles. The molecule has 1 aliphatic rings. The van der Waals surface area contributed by atoms with Crippen LogP contribution in [0.15, 0.2) is 48.5 Å². The van der Waals surface area contributed by atoms with Crippen LogP contribution >= 0.6 is 0 Å². The fraction of sp³-hybridized carbons (Fsp3) is 0.300. The van der Waals surface area contributed by atoms with Gasteiger partial charge >= 0.3 is 6.09 Å². The maximum absolute atomic E-state index is 12.7. The molecule has 0 aromatic heterocycles. The summed E-state index contributed by atoms with van der Waals surface area (Å²) in [5.41, 5.74) is 2.76. The average molecular weight is 370 g/mol. The maximum Gasteiger partial charge on any atom is 0.405 e. The average Bonchev–Trinajstić information content (AvgIpc) is 2.62. The van der Waals surface area contributed by atoms with E-state index in [0.717, 1.165) is 16.7 Å². The number of aryl methyl sites for hydroxylation is 1. The van der Waals surface area contributed by atoms with Crippen molar-refractivity contribution >= 4 is 12.0 Å². The second kappa shape index (κ2) is 8.09. The van der Waals surface area contributed by atoms with Crippen LogP contribution in [0.5, 0.6) is 5.75 Å². The second-order valence-electron chi connectivity index (χ2n) is 6.63. The SMILES string of the molecule is Cc1ccc2c(c1)C[C@H](NC(=O)[C@H](Cc1ccccc1)NC(=O)O)C(O)O2. The number of amides is 2. The summed E-state index contributed by atoms with van der Waals surface area (Å²) < 4.78 is 5.48. The monoisotopic (exact) mass is 370 g/mol. The third kappa shape index (κ3) is 4.77. The Morgan fingerprint density at radius 2 is 1.96 bits per heavy atom. The Balaban J connectivity index is 1.71. The fourth-order valence-corrected chi connectivity index (χ4v) is 3.15. The number of carboxylic acid groups (broad SMARTS) is 1. The van der Waals surface area contributed by atoms with Gasteiger partial charge in [-0.3, -0.25) is 4.79 Å². The molecule has 2 amide bonds. The molecule has 0 fully saturated rings. The van der Waals surface area contributed by atoms with Gasteiger partial charge in [-0.2, -0.15) is 0 Å². The minimum atomic E-state index is -1.28. The van der Waals surface area contributed by atoms with E-state index in [2.05, 4.69) is 10.6 Å². The van der Waals surface area contributed by atoms with Crippen LogP contribution in [0.25, 0.3) is 0 Å². The molecule has 142 valence electrons. The van der Waals surface area contributed by atoms with Crippen LogP contribution in [-0.2, 0) is 17.6 Å². The summed E-state index contributed by atoms with van der Waals surface area (Å²) in [7, 11) is 0. The number of carbonyl (C=O) groups excluding carboxylic acids is 1. The highest BCUT2D eigenvalue weighted by Crippen LogP contribution is 2.28. The zero-order chi connectivity index (χ0) is 19.4. The molecule has 7 nitrogen and oxygen atoms in total. The number of hydrogen-bond donors (Lipinski definition) is 4. The fourth-order valence-electron chi connectivity index (χ4n) is 3.15. The van der Waals surface area contributed by atoms with Gasteiger partial charge in [0.1, 0.15) is 11.8 Å². The number of benzene rings is 2. The van der Waals surface area contributed by atoms with Crippen molar-refractivity contribution in [2.75, 3.05) is 0 Å². The molecule has 1 heterocycles. The van der Waals surface area contributed by atoms with E-state index < -0.39 is 30.4 Å². The van der Waals surface area contributed by atoms with E-state index in [1.54, 1.807) is 6.07 Å². The van der Waals surface area contributed by atoms with Gasteiger partial charge in [0.25, 0.3) is 0 Å². The number of nitrogens with one attached hydrogen (secondary N) is 2. The Morgan fingerprint density at radius 3 is 2.67 bits per heavy atom. The lowest BCUT2D eigenvalue weighted by molar-refractivity contribution is -0.128. The Morgan fingerprint density at radius 1 is 1.22 bits per heavy atom. The van der Waals surface area contributed by atoms with E-state index in [9.17, 15) is 14.7 Å². The highest BCUT2D eigenvalue weighted by Gasteiger charge is 2.32. The van der Waals surface area contributed by atoms with Crippen molar-refractivity contribution in [2.45, 2.75) is 38.1 Å². The molecule has 1 unspecified atom stereocenters. The van der Waals surface area contributed by atoms with E-state index in [0.29, 0.717) is 12.2 Å². The third-order valence-electron chi connectivity index (χ3n) is 4.47. The predicted molar refractivity (Wildman–Crippen MR) is 98.5 cm³/mol. The van der Waals surface area contributed by atoms with Gasteiger partial charge in [-0.25, -0.2) is 4.79 Å². The van der Waals surface area contributed by atoms with Gasteiger partial charge in [-0.1, -0.05) is 48.0 Å². The summed E-state index contributed by atoms with van der Waals surface area (Å²) in [6, 6.07) is 13.1. The lowest BCUT2D eigenvalue weighted by Crippen LogP contribution is -2.55. The molecule has 3 atom stereocenters. The summed E-state index contributed by atoms with van der Waals surface area (Å²) >= 11 is 0. The van der Waals surface area contributed by atoms with Gasteiger partial charge < -0.3 is 25.6 Å². The number of carbonyl (C=O) groups is 2. The Kier molecular flexibility index (Phi) is 5.61. The summed E-state index contributed by atoms with van der Waals surface area (Å²) in [6.07, 6.45) is -1.88. The number of fused-ring (bicyclic) bond motifs is 1. The lowest BCUT2D eigenvalue weighted by Gasteiger charge is -2.32. The van der Waals surface area contributed by atoms with E-state index in [4.69, 9.17) is 9.84 Å². The van der Waals surface area contributed by atoms with Crippen LogP contribution in [0.3, 0.4) is 0 Å².